The van der Waals surface area contributed by atoms with Crippen molar-refractivity contribution in [2.45, 2.75) is 25.8 Å². The van der Waals surface area contributed by atoms with Gasteiger partial charge in [0.05, 0.1) is 0 Å². The molecule has 8 heteroatoms. The highest BCUT2D eigenvalue weighted by Gasteiger charge is 2.43. The van der Waals surface area contributed by atoms with E-state index in [9.17, 15) is 14.4 Å². The third kappa shape index (κ3) is 3.34. The van der Waals surface area contributed by atoms with E-state index in [0.717, 1.165) is 6.42 Å². The molecule has 3 rings (SSSR count). The molecule has 2 aliphatic rings. The van der Waals surface area contributed by atoms with Gasteiger partial charge in [0.2, 0.25) is 0 Å². The average Bonchev–Trinajstić information content (AvgIpc) is 3.08. The van der Waals surface area contributed by atoms with Crippen molar-refractivity contribution in [2.75, 3.05) is 19.6 Å². The number of carbonyl (C=O) groups is 3. The minimum Gasteiger partial charge on any atom is -0.338 e. The highest BCUT2D eigenvalue weighted by Crippen LogP contribution is 2.30. The van der Waals surface area contributed by atoms with Crippen LogP contribution in [0.15, 0.2) is 24.3 Å². The number of nitrogens with one attached hydrogen (secondary N) is 2. The molecule has 0 spiro atoms. The van der Waals surface area contributed by atoms with Crippen molar-refractivity contribution in [1.82, 2.24) is 15.5 Å². The number of urea groups is 1. The first-order valence-electron chi connectivity index (χ1n) is 8.01. The van der Waals surface area contributed by atoms with Crippen LogP contribution in [0.2, 0.25) is 0 Å². The quantitative estimate of drug-likeness (QED) is 0.693. The average molecular weight is 367 g/mol. The Hall–Kier alpha value is -2.12. The van der Waals surface area contributed by atoms with Gasteiger partial charge in [-0.25, -0.2) is 4.79 Å². The van der Waals surface area contributed by atoms with Gasteiger partial charge in [0.25, 0.3) is 11.8 Å². The van der Waals surface area contributed by atoms with Gasteiger partial charge in [-0.1, -0.05) is 19.1 Å². The standard InChI is InChI=1S/C17H22N4O3.ClH/c1-16(9-18)7-8-21(10-16)13(22)11-3-5-12(6-4-11)17(2)14(23)19-15(24)20-17;/h3-6H,7-10,18H2,1-2H3,(H2,19,20,23,24);1H. The van der Waals surface area contributed by atoms with Gasteiger partial charge in [-0.2, -0.15) is 0 Å². The number of hydrogen-bond acceptors (Lipinski definition) is 4. The molecule has 2 unspecified atom stereocenters. The fraction of sp³-hybridized carbons (Fsp3) is 0.471. The first kappa shape index (κ1) is 19.2. The Morgan fingerprint density at radius 1 is 1.24 bits per heavy atom. The molecule has 2 fully saturated rings. The smallest absolute Gasteiger partial charge is 0.322 e. The van der Waals surface area contributed by atoms with Crippen LogP contribution in [0.4, 0.5) is 4.79 Å². The highest BCUT2D eigenvalue weighted by atomic mass is 35.5. The summed E-state index contributed by atoms with van der Waals surface area (Å²) in [5, 5.41) is 4.84. The van der Waals surface area contributed by atoms with Crippen LogP contribution in [0.1, 0.15) is 36.2 Å². The summed E-state index contributed by atoms with van der Waals surface area (Å²) in [7, 11) is 0. The number of rotatable bonds is 3. The largest absolute Gasteiger partial charge is 0.338 e. The van der Waals surface area contributed by atoms with Crippen molar-refractivity contribution < 1.29 is 14.4 Å². The summed E-state index contributed by atoms with van der Waals surface area (Å²) in [5.41, 5.74) is 5.86. The summed E-state index contributed by atoms with van der Waals surface area (Å²) in [5.74, 6) is -0.436. The number of imide groups is 1. The van der Waals surface area contributed by atoms with Crippen LogP contribution in [-0.4, -0.2) is 42.4 Å². The van der Waals surface area contributed by atoms with E-state index in [4.69, 9.17) is 5.73 Å². The molecule has 2 saturated heterocycles. The SMILES string of the molecule is CC1(CN)CCN(C(=O)c2ccc(C3(C)NC(=O)NC3=O)cc2)C1.Cl. The maximum Gasteiger partial charge on any atom is 0.322 e. The second kappa shape index (κ2) is 6.65. The summed E-state index contributed by atoms with van der Waals surface area (Å²) in [6, 6.07) is 6.28. The Balaban J connectivity index is 0.00000225. The predicted octanol–water partition coefficient (Wildman–Crippen LogP) is 0.974. The summed E-state index contributed by atoms with van der Waals surface area (Å²) in [4.78, 5) is 37.8. The molecular weight excluding hydrogens is 344 g/mol. The number of nitrogens with two attached hydrogens (primary N) is 1. The van der Waals surface area contributed by atoms with Crippen LogP contribution < -0.4 is 16.4 Å². The Kier molecular flexibility index (Phi) is 5.11. The van der Waals surface area contributed by atoms with E-state index < -0.39 is 17.5 Å². The zero-order valence-corrected chi connectivity index (χ0v) is 15.1. The zero-order valence-electron chi connectivity index (χ0n) is 14.3. The van der Waals surface area contributed by atoms with Gasteiger partial charge in [-0.3, -0.25) is 14.9 Å². The maximum absolute atomic E-state index is 12.6. The Bertz CT molecular complexity index is 708. The minimum atomic E-state index is -1.11. The number of carbonyl (C=O) groups excluding carboxylic acids is 3. The first-order chi connectivity index (χ1) is 11.3. The number of likely N-dealkylation sites (tertiary alicyclic amines) is 1. The third-order valence-corrected chi connectivity index (χ3v) is 5.09. The second-order valence-corrected chi connectivity index (χ2v) is 7.10. The Labute approximate surface area is 152 Å². The number of amides is 4. The normalized spacial score (nSPS) is 28.4. The molecule has 2 heterocycles. The van der Waals surface area contributed by atoms with E-state index in [1.54, 1.807) is 31.2 Å². The van der Waals surface area contributed by atoms with Crippen LogP contribution in [0.3, 0.4) is 0 Å². The van der Waals surface area contributed by atoms with E-state index >= 15 is 0 Å². The molecule has 2 atom stereocenters. The fourth-order valence-corrected chi connectivity index (χ4v) is 3.24. The lowest BCUT2D eigenvalue weighted by Gasteiger charge is -2.23. The summed E-state index contributed by atoms with van der Waals surface area (Å²) < 4.78 is 0. The second-order valence-electron chi connectivity index (χ2n) is 7.10. The topological polar surface area (TPSA) is 105 Å². The number of halogens is 1. The summed E-state index contributed by atoms with van der Waals surface area (Å²) in [6.07, 6.45) is 0.900. The van der Waals surface area contributed by atoms with Gasteiger partial charge in [-0.05, 0) is 43.0 Å². The highest BCUT2D eigenvalue weighted by molar-refractivity contribution is 6.07. The number of benzene rings is 1. The lowest BCUT2D eigenvalue weighted by atomic mass is 9.90. The van der Waals surface area contributed by atoms with E-state index in [1.807, 2.05) is 4.90 Å². The first-order valence-corrected chi connectivity index (χ1v) is 8.01. The lowest BCUT2D eigenvalue weighted by molar-refractivity contribution is -0.123. The van der Waals surface area contributed by atoms with Crippen molar-refractivity contribution in [2.24, 2.45) is 11.1 Å². The van der Waals surface area contributed by atoms with Gasteiger partial charge in [0.1, 0.15) is 5.54 Å². The third-order valence-electron chi connectivity index (χ3n) is 5.09. The minimum absolute atomic E-state index is 0. The Morgan fingerprint density at radius 3 is 2.36 bits per heavy atom. The van der Waals surface area contributed by atoms with Crippen LogP contribution in [-0.2, 0) is 10.3 Å². The van der Waals surface area contributed by atoms with E-state index in [-0.39, 0.29) is 23.7 Å². The van der Waals surface area contributed by atoms with E-state index in [2.05, 4.69) is 17.6 Å². The molecule has 0 aromatic heterocycles. The van der Waals surface area contributed by atoms with E-state index in [1.165, 1.54) is 0 Å². The molecule has 4 N–H and O–H groups in total. The monoisotopic (exact) mass is 366 g/mol. The zero-order chi connectivity index (χ0) is 17.5. The molecule has 1 aromatic rings. The molecule has 0 saturated carbocycles. The van der Waals surface area contributed by atoms with Crippen LogP contribution in [0.5, 0.6) is 0 Å². The van der Waals surface area contributed by atoms with Crippen molar-refractivity contribution in [3.63, 3.8) is 0 Å². The molecule has 25 heavy (non-hydrogen) atoms. The molecule has 136 valence electrons. The lowest BCUT2D eigenvalue weighted by Crippen LogP contribution is -2.40. The molecule has 0 radical (unpaired) electrons. The van der Waals surface area contributed by atoms with Gasteiger partial charge < -0.3 is 16.0 Å². The molecule has 2 aliphatic heterocycles. The number of nitrogens with zero attached hydrogens (tertiary/aromatic N) is 1. The molecule has 4 amide bonds. The van der Waals surface area contributed by atoms with Crippen molar-refractivity contribution in [3.05, 3.63) is 35.4 Å². The van der Waals surface area contributed by atoms with Gasteiger partial charge in [-0.15, -0.1) is 12.4 Å². The summed E-state index contributed by atoms with van der Waals surface area (Å²) >= 11 is 0. The van der Waals surface area contributed by atoms with E-state index in [0.29, 0.717) is 30.8 Å². The predicted molar refractivity (Wildman–Crippen MR) is 95.4 cm³/mol. The van der Waals surface area contributed by atoms with Crippen molar-refractivity contribution >= 4 is 30.3 Å². The maximum atomic E-state index is 12.6. The van der Waals surface area contributed by atoms with Crippen LogP contribution >= 0.6 is 12.4 Å². The fourth-order valence-electron chi connectivity index (χ4n) is 3.24. The summed E-state index contributed by atoms with van der Waals surface area (Å²) in [6.45, 7) is 5.64. The van der Waals surface area contributed by atoms with Gasteiger partial charge in [0.15, 0.2) is 0 Å². The van der Waals surface area contributed by atoms with Gasteiger partial charge >= 0.3 is 6.03 Å². The van der Waals surface area contributed by atoms with Crippen LogP contribution in [0.25, 0.3) is 0 Å². The molecule has 7 nitrogen and oxygen atoms in total. The molecular formula is C17H23ClN4O3. The number of hydrogen-bond donors (Lipinski definition) is 3. The van der Waals surface area contributed by atoms with Crippen LogP contribution in [0, 0.1) is 5.41 Å². The molecule has 0 aliphatic carbocycles. The molecule has 1 aromatic carbocycles. The van der Waals surface area contributed by atoms with Crippen molar-refractivity contribution in [1.29, 1.82) is 0 Å². The Morgan fingerprint density at radius 2 is 1.88 bits per heavy atom. The van der Waals surface area contributed by atoms with Gasteiger partial charge in [0, 0.05) is 18.7 Å². The van der Waals surface area contributed by atoms with Crippen molar-refractivity contribution in [3.8, 4) is 0 Å². The molecule has 0 bridgehead atoms.